The summed E-state index contributed by atoms with van der Waals surface area (Å²) in [6.45, 7) is 6.42. The zero-order valence-electron chi connectivity index (χ0n) is 10.0. The number of anilines is 1. The Kier molecular flexibility index (Phi) is 4.47. The van der Waals surface area contributed by atoms with E-state index in [4.69, 9.17) is 0 Å². The summed E-state index contributed by atoms with van der Waals surface area (Å²) in [6, 6.07) is 6.03. The number of benzene rings is 1. The zero-order chi connectivity index (χ0) is 12.1. The first kappa shape index (κ1) is 12.7. The van der Waals surface area contributed by atoms with Gasteiger partial charge in [-0.1, -0.05) is 13.8 Å². The average Bonchev–Trinajstić information content (AvgIpc) is 2.31. The predicted octanol–water partition coefficient (Wildman–Crippen LogP) is 3.22. The van der Waals surface area contributed by atoms with Gasteiger partial charge in [0.25, 0.3) is 0 Å². The number of amides is 1. The third-order valence-electron chi connectivity index (χ3n) is 2.75. The molecule has 1 unspecified atom stereocenters. The van der Waals surface area contributed by atoms with E-state index in [1.165, 1.54) is 12.1 Å². The van der Waals surface area contributed by atoms with Gasteiger partial charge in [0, 0.05) is 18.2 Å². The minimum atomic E-state index is -0.282. The second-order valence-corrected chi connectivity index (χ2v) is 3.87. The van der Waals surface area contributed by atoms with Crippen molar-refractivity contribution < 1.29 is 9.18 Å². The fraction of sp³-hybridized carbons (Fsp3) is 0.462. The molecule has 1 atom stereocenters. The summed E-state index contributed by atoms with van der Waals surface area (Å²) < 4.78 is 12.8. The van der Waals surface area contributed by atoms with Crippen molar-refractivity contribution in [1.29, 1.82) is 0 Å². The van der Waals surface area contributed by atoms with E-state index in [0.29, 0.717) is 6.54 Å². The summed E-state index contributed by atoms with van der Waals surface area (Å²) in [5, 5.41) is 0. The molecule has 3 heteroatoms. The molecular weight excluding hydrogens is 205 g/mol. The third kappa shape index (κ3) is 2.81. The molecule has 0 spiro atoms. The number of hydrogen-bond donors (Lipinski definition) is 0. The van der Waals surface area contributed by atoms with Crippen molar-refractivity contribution in [3.63, 3.8) is 0 Å². The molecule has 0 aromatic heterocycles. The summed E-state index contributed by atoms with van der Waals surface area (Å²) in [6.07, 6.45) is 0.816. The Hall–Kier alpha value is -1.38. The van der Waals surface area contributed by atoms with Gasteiger partial charge in [0.05, 0.1) is 0 Å². The minimum absolute atomic E-state index is 0.00463. The Morgan fingerprint density at radius 1 is 1.31 bits per heavy atom. The van der Waals surface area contributed by atoms with Crippen LogP contribution in [0.25, 0.3) is 0 Å². The molecule has 2 nitrogen and oxygen atoms in total. The number of nitrogens with zero attached hydrogens (tertiary/aromatic N) is 1. The highest BCUT2D eigenvalue weighted by atomic mass is 19.1. The fourth-order valence-corrected chi connectivity index (χ4v) is 1.53. The summed E-state index contributed by atoms with van der Waals surface area (Å²) in [4.78, 5) is 13.7. The second-order valence-electron chi connectivity index (χ2n) is 3.87. The molecule has 1 aromatic rings. The van der Waals surface area contributed by atoms with Crippen LogP contribution < -0.4 is 4.90 Å². The third-order valence-corrected chi connectivity index (χ3v) is 2.75. The molecule has 88 valence electrons. The van der Waals surface area contributed by atoms with Crippen molar-refractivity contribution in [2.75, 3.05) is 11.4 Å². The maximum Gasteiger partial charge on any atom is 0.229 e. The molecule has 0 heterocycles. The van der Waals surface area contributed by atoms with Crippen LogP contribution >= 0.6 is 0 Å². The van der Waals surface area contributed by atoms with Crippen LogP contribution in [-0.2, 0) is 4.79 Å². The van der Waals surface area contributed by atoms with Crippen LogP contribution in [0.4, 0.5) is 10.1 Å². The van der Waals surface area contributed by atoms with Crippen LogP contribution in [0.2, 0.25) is 0 Å². The lowest BCUT2D eigenvalue weighted by Crippen LogP contribution is -2.34. The van der Waals surface area contributed by atoms with Crippen LogP contribution in [0, 0.1) is 11.7 Å². The van der Waals surface area contributed by atoms with Gasteiger partial charge in [-0.3, -0.25) is 4.79 Å². The largest absolute Gasteiger partial charge is 0.312 e. The molecule has 0 aliphatic heterocycles. The minimum Gasteiger partial charge on any atom is -0.312 e. The maximum absolute atomic E-state index is 12.8. The van der Waals surface area contributed by atoms with Crippen LogP contribution in [-0.4, -0.2) is 12.5 Å². The van der Waals surface area contributed by atoms with Gasteiger partial charge in [-0.25, -0.2) is 4.39 Å². The summed E-state index contributed by atoms with van der Waals surface area (Å²) in [5.41, 5.74) is 0.759. The first-order valence-electron chi connectivity index (χ1n) is 5.67. The maximum atomic E-state index is 12.8. The number of halogens is 1. The first-order chi connectivity index (χ1) is 7.60. The molecule has 0 saturated heterocycles. The Balaban J connectivity index is 2.90. The van der Waals surface area contributed by atoms with E-state index in [-0.39, 0.29) is 17.6 Å². The van der Waals surface area contributed by atoms with E-state index in [2.05, 4.69) is 0 Å². The molecule has 0 aliphatic rings. The fourth-order valence-electron chi connectivity index (χ4n) is 1.53. The summed E-state index contributed by atoms with van der Waals surface area (Å²) in [7, 11) is 0. The van der Waals surface area contributed by atoms with Gasteiger partial charge in [-0.05, 0) is 37.6 Å². The molecule has 1 aromatic carbocycles. The van der Waals surface area contributed by atoms with Gasteiger partial charge in [0.15, 0.2) is 0 Å². The second kappa shape index (κ2) is 5.64. The topological polar surface area (TPSA) is 20.3 Å². The summed E-state index contributed by atoms with van der Waals surface area (Å²) in [5.74, 6) is -0.183. The van der Waals surface area contributed by atoms with E-state index < -0.39 is 0 Å². The molecular formula is C13H18FNO. The van der Waals surface area contributed by atoms with E-state index in [9.17, 15) is 9.18 Å². The van der Waals surface area contributed by atoms with Gasteiger partial charge in [-0.15, -0.1) is 0 Å². The Labute approximate surface area is 96.1 Å². The lowest BCUT2D eigenvalue weighted by atomic mass is 10.1. The van der Waals surface area contributed by atoms with Crippen molar-refractivity contribution in [2.45, 2.75) is 27.2 Å². The molecule has 0 aliphatic carbocycles. The highest BCUT2D eigenvalue weighted by molar-refractivity contribution is 5.94. The quantitative estimate of drug-likeness (QED) is 0.767. The van der Waals surface area contributed by atoms with E-state index in [0.717, 1.165) is 12.1 Å². The lowest BCUT2D eigenvalue weighted by molar-refractivity contribution is -0.121. The zero-order valence-corrected chi connectivity index (χ0v) is 10.0. The van der Waals surface area contributed by atoms with Crippen molar-refractivity contribution >= 4 is 11.6 Å². The van der Waals surface area contributed by atoms with Gasteiger partial charge >= 0.3 is 0 Å². The predicted molar refractivity (Wildman–Crippen MR) is 63.9 cm³/mol. The number of hydrogen-bond acceptors (Lipinski definition) is 1. The van der Waals surface area contributed by atoms with Gasteiger partial charge in [0.1, 0.15) is 5.82 Å². The van der Waals surface area contributed by atoms with Crippen LogP contribution in [0.5, 0.6) is 0 Å². The highest BCUT2D eigenvalue weighted by Gasteiger charge is 2.18. The average molecular weight is 223 g/mol. The molecule has 0 radical (unpaired) electrons. The Morgan fingerprint density at radius 3 is 2.31 bits per heavy atom. The van der Waals surface area contributed by atoms with Crippen molar-refractivity contribution in [1.82, 2.24) is 0 Å². The van der Waals surface area contributed by atoms with Crippen molar-refractivity contribution in [3.05, 3.63) is 30.1 Å². The Bertz CT molecular complexity index is 347. The highest BCUT2D eigenvalue weighted by Crippen LogP contribution is 2.18. The van der Waals surface area contributed by atoms with Gasteiger partial charge < -0.3 is 4.90 Å². The van der Waals surface area contributed by atoms with Crippen LogP contribution in [0.15, 0.2) is 24.3 Å². The summed E-state index contributed by atoms with van der Waals surface area (Å²) >= 11 is 0. The van der Waals surface area contributed by atoms with E-state index in [1.807, 2.05) is 20.8 Å². The molecule has 0 fully saturated rings. The smallest absolute Gasteiger partial charge is 0.229 e. The molecule has 0 bridgehead atoms. The lowest BCUT2D eigenvalue weighted by Gasteiger charge is -2.24. The SMILES string of the molecule is CCC(C)C(=O)N(CC)c1ccc(F)cc1. The normalized spacial score (nSPS) is 12.2. The number of carbonyl (C=O) groups is 1. The molecule has 0 N–H and O–H groups in total. The van der Waals surface area contributed by atoms with Gasteiger partial charge in [-0.2, -0.15) is 0 Å². The van der Waals surface area contributed by atoms with Crippen molar-refractivity contribution in [3.8, 4) is 0 Å². The molecule has 0 saturated carbocycles. The van der Waals surface area contributed by atoms with Crippen LogP contribution in [0.1, 0.15) is 27.2 Å². The standard InChI is InChI=1S/C13H18FNO/c1-4-10(3)13(16)15(5-2)12-8-6-11(14)7-9-12/h6-10H,4-5H2,1-3H3. The first-order valence-corrected chi connectivity index (χ1v) is 5.67. The number of carbonyl (C=O) groups excluding carboxylic acids is 1. The van der Waals surface area contributed by atoms with E-state index >= 15 is 0 Å². The molecule has 1 amide bonds. The van der Waals surface area contributed by atoms with Crippen LogP contribution in [0.3, 0.4) is 0 Å². The monoisotopic (exact) mass is 223 g/mol. The van der Waals surface area contributed by atoms with E-state index in [1.54, 1.807) is 17.0 Å². The number of rotatable bonds is 4. The van der Waals surface area contributed by atoms with Crippen molar-refractivity contribution in [2.24, 2.45) is 5.92 Å². The van der Waals surface area contributed by atoms with Gasteiger partial charge in [0.2, 0.25) is 5.91 Å². The molecule has 1 rings (SSSR count). The molecule has 16 heavy (non-hydrogen) atoms. The Morgan fingerprint density at radius 2 is 1.88 bits per heavy atom.